The quantitative estimate of drug-likeness (QED) is 0.638. The molecule has 2 amide bonds. The fourth-order valence-electron chi connectivity index (χ4n) is 1.10. The van der Waals surface area contributed by atoms with Gasteiger partial charge in [0, 0.05) is 50.0 Å². The van der Waals surface area contributed by atoms with Crippen LogP contribution in [0.3, 0.4) is 0 Å². The summed E-state index contributed by atoms with van der Waals surface area (Å²) >= 11 is 5.76. The van der Waals surface area contributed by atoms with Gasteiger partial charge in [-0.25, -0.2) is 4.79 Å². The van der Waals surface area contributed by atoms with E-state index in [1.54, 1.807) is 30.6 Å². The molecule has 0 saturated carbocycles. The van der Waals surface area contributed by atoms with E-state index < -0.39 is 0 Å². The molecule has 0 spiro atoms. The van der Waals surface area contributed by atoms with Crippen molar-refractivity contribution >= 4 is 29.6 Å². The third-order valence-corrected chi connectivity index (χ3v) is 2.06. The van der Waals surface area contributed by atoms with Crippen molar-refractivity contribution in [3.8, 4) is 0 Å². The van der Waals surface area contributed by atoms with Crippen LogP contribution in [0, 0.1) is 7.43 Å². The number of halogens is 1. The SMILES string of the molecule is O=[C-]CCCNC(=O)Nc1cccc(Cl)c1.[CH3-].[Y]. The molecule has 0 unspecified atom stereocenters. The van der Waals surface area contributed by atoms with Crippen molar-refractivity contribution in [2.24, 2.45) is 0 Å². The summed E-state index contributed by atoms with van der Waals surface area (Å²) in [5, 5.41) is 5.80. The molecular formula is C12H15ClN2O2Y-2. The molecule has 0 bridgehead atoms. The number of hydrogen-bond donors (Lipinski definition) is 2. The molecule has 0 fully saturated rings. The molecule has 0 saturated heterocycles. The van der Waals surface area contributed by atoms with Gasteiger partial charge in [-0.15, -0.1) is 0 Å². The van der Waals surface area contributed by atoms with Crippen LogP contribution < -0.4 is 10.6 Å². The molecule has 18 heavy (non-hydrogen) atoms. The van der Waals surface area contributed by atoms with Crippen LogP contribution in [0.2, 0.25) is 5.02 Å². The van der Waals surface area contributed by atoms with E-state index in [1.807, 2.05) is 0 Å². The van der Waals surface area contributed by atoms with Gasteiger partial charge in [0.15, 0.2) is 0 Å². The van der Waals surface area contributed by atoms with Crippen LogP contribution in [-0.4, -0.2) is 18.9 Å². The van der Waals surface area contributed by atoms with E-state index in [9.17, 15) is 9.59 Å². The Morgan fingerprint density at radius 1 is 1.39 bits per heavy atom. The van der Waals surface area contributed by atoms with E-state index in [4.69, 9.17) is 11.6 Å². The average Bonchev–Trinajstić information content (AvgIpc) is 2.24. The van der Waals surface area contributed by atoms with Crippen LogP contribution in [-0.2, 0) is 37.5 Å². The zero-order valence-corrected chi connectivity index (χ0v) is 13.8. The first-order valence-electron chi connectivity index (χ1n) is 4.88. The van der Waals surface area contributed by atoms with Gasteiger partial charge >= 0.3 is 6.03 Å². The second-order valence-electron chi connectivity index (χ2n) is 3.14. The monoisotopic (exact) mass is 343 g/mol. The Labute approximate surface area is 138 Å². The zero-order valence-electron chi connectivity index (χ0n) is 10.2. The number of nitrogens with one attached hydrogen (secondary N) is 2. The molecule has 0 aromatic heterocycles. The number of urea groups is 1. The zero-order chi connectivity index (χ0) is 11.8. The number of hydrogen-bond acceptors (Lipinski definition) is 2. The molecule has 0 aliphatic carbocycles. The Bertz CT molecular complexity index is 375. The first-order valence-corrected chi connectivity index (χ1v) is 5.25. The van der Waals surface area contributed by atoms with Gasteiger partial charge in [0.25, 0.3) is 0 Å². The Morgan fingerprint density at radius 2 is 2.11 bits per heavy atom. The van der Waals surface area contributed by atoms with E-state index in [-0.39, 0.29) is 46.2 Å². The summed E-state index contributed by atoms with van der Waals surface area (Å²) in [4.78, 5) is 21.2. The number of anilines is 1. The van der Waals surface area contributed by atoms with Crippen molar-refractivity contribution in [1.82, 2.24) is 5.32 Å². The molecule has 0 aliphatic rings. The molecule has 4 nitrogen and oxygen atoms in total. The predicted molar refractivity (Wildman–Crippen MR) is 69.8 cm³/mol. The van der Waals surface area contributed by atoms with Gasteiger partial charge in [0.2, 0.25) is 0 Å². The minimum absolute atomic E-state index is 0. The summed E-state index contributed by atoms with van der Waals surface area (Å²) in [7, 11) is 0. The Balaban J connectivity index is 0. The molecule has 0 atom stereocenters. The maximum Gasteiger partial charge on any atom is 0.319 e. The Morgan fingerprint density at radius 3 is 2.72 bits per heavy atom. The molecule has 1 radical (unpaired) electrons. The molecule has 1 rings (SSSR count). The van der Waals surface area contributed by atoms with E-state index in [0.717, 1.165) is 0 Å². The minimum atomic E-state index is -0.312. The van der Waals surface area contributed by atoms with Crippen molar-refractivity contribution < 1.29 is 42.3 Å². The maximum atomic E-state index is 11.3. The first-order chi connectivity index (χ1) is 7.72. The molecule has 97 valence electrons. The molecule has 0 aliphatic heterocycles. The maximum absolute atomic E-state index is 11.3. The summed E-state index contributed by atoms with van der Waals surface area (Å²) in [5.74, 6) is 0. The molecule has 1 aromatic carbocycles. The molecule has 1 aromatic rings. The molecular weight excluding hydrogens is 329 g/mol. The summed E-state index contributed by atoms with van der Waals surface area (Å²) < 4.78 is 0. The number of benzene rings is 1. The predicted octanol–water partition coefficient (Wildman–Crippen LogP) is 2.80. The Kier molecular flexibility index (Phi) is 12.9. The van der Waals surface area contributed by atoms with Crippen LogP contribution in [0.15, 0.2) is 24.3 Å². The van der Waals surface area contributed by atoms with Crippen LogP contribution in [0.25, 0.3) is 0 Å². The average molecular weight is 344 g/mol. The fraction of sp³-hybridized carbons (Fsp3) is 0.250. The van der Waals surface area contributed by atoms with Crippen LogP contribution in [0.4, 0.5) is 10.5 Å². The van der Waals surface area contributed by atoms with Crippen molar-refractivity contribution in [2.45, 2.75) is 12.8 Å². The van der Waals surface area contributed by atoms with Gasteiger partial charge in [-0.1, -0.05) is 24.1 Å². The normalized spacial score (nSPS) is 8.50. The van der Waals surface area contributed by atoms with Gasteiger partial charge in [0.1, 0.15) is 0 Å². The topological polar surface area (TPSA) is 58.2 Å². The second kappa shape index (κ2) is 11.6. The fourth-order valence-corrected chi connectivity index (χ4v) is 1.29. The largest absolute Gasteiger partial charge is 0.542 e. The van der Waals surface area contributed by atoms with Gasteiger partial charge in [-0.2, -0.15) is 6.42 Å². The Hall–Kier alpha value is -0.446. The third kappa shape index (κ3) is 8.62. The minimum Gasteiger partial charge on any atom is -0.542 e. The van der Waals surface area contributed by atoms with Gasteiger partial charge < -0.3 is 22.9 Å². The smallest absolute Gasteiger partial charge is 0.319 e. The third-order valence-electron chi connectivity index (χ3n) is 1.82. The molecule has 0 heterocycles. The van der Waals surface area contributed by atoms with Crippen molar-refractivity contribution in [3.63, 3.8) is 0 Å². The first kappa shape index (κ1) is 19.9. The summed E-state index contributed by atoms with van der Waals surface area (Å²) in [6, 6.07) is 6.56. The van der Waals surface area contributed by atoms with Gasteiger partial charge in [-0.3, -0.25) is 6.29 Å². The standard InChI is InChI=1S/C11H12ClN2O2.CH3.Y/c12-9-4-3-5-10(8-9)14-11(16)13-6-1-2-7-15;;/h3-5,8H,1-2,6H2,(H2,13,14,16);1H3;/q2*-1;. The van der Waals surface area contributed by atoms with Crippen LogP contribution in [0.1, 0.15) is 12.8 Å². The van der Waals surface area contributed by atoms with Crippen LogP contribution in [0.5, 0.6) is 0 Å². The van der Waals surface area contributed by atoms with E-state index in [2.05, 4.69) is 10.6 Å². The van der Waals surface area contributed by atoms with Gasteiger partial charge in [-0.05, 0) is 18.2 Å². The van der Waals surface area contributed by atoms with Crippen molar-refractivity contribution in [2.75, 3.05) is 11.9 Å². The number of carbonyl (C=O) groups excluding carboxylic acids is 2. The number of carbonyl (C=O) groups is 1. The molecule has 6 heteroatoms. The summed E-state index contributed by atoms with van der Waals surface area (Å²) in [6.07, 6.45) is 2.68. The summed E-state index contributed by atoms with van der Waals surface area (Å²) in [6.45, 7) is 0.446. The van der Waals surface area contributed by atoms with Crippen LogP contribution >= 0.6 is 11.6 Å². The number of amides is 2. The van der Waals surface area contributed by atoms with E-state index in [0.29, 0.717) is 30.1 Å². The number of rotatable bonds is 5. The molecule has 2 N–H and O–H groups in total. The van der Waals surface area contributed by atoms with Gasteiger partial charge in [0.05, 0.1) is 0 Å². The second-order valence-corrected chi connectivity index (χ2v) is 3.58. The van der Waals surface area contributed by atoms with E-state index >= 15 is 0 Å². The number of unbranched alkanes of at least 4 members (excludes halogenated alkanes) is 1. The summed E-state index contributed by atoms with van der Waals surface area (Å²) in [5.41, 5.74) is 0.631. The van der Waals surface area contributed by atoms with E-state index in [1.165, 1.54) is 0 Å². The van der Waals surface area contributed by atoms with Crippen molar-refractivity contribution in [3.05, 3.63) is 36.7 Å². The van der Waals surface area contributed by atoms with Crippen molar-refractivity contribution in [1.29, 1.82) is 0 Å².